The molecule has 1 amide bonds. The van der Waals surface area contributed by atoms with Crippen molar-refractivity contribution in [3.05, 3.63) is 29.3 Å². The van der Waals surface area contributed by atoms with Crippen molar-refractivity contribution >= 4 is 23.4 Å². The maximum absolute atomic E-state index is 11.9. The van der Waals surface area contributed by atoms with Crippen molar-refractivity contribution in [3.63, 3.8) is 0 Å². The van der Waals surface area contributed by atoms with Gasteiger partial charge in [-0.1, -0.05) is 25.1 Å². The molecule has 3 nitrogen and oxygen atoms in total. The van der Waals surface area contributed by atoms with Gasteiger partial charge in [-0.2, -0.15) is 11.8 Å². The van der Waals surface area contributed by atoms with Crippen molar-refractivity contribution in [1.29, 1.82) is 0 Å². The van der Waals surface area contributed by atoms with Gasteiger partial charge in [-0.25, -0.2) is 0 Å². The monoisotopic (exact) mass is 280 g/mol. The highest BCUT2D eigenvalue weighted by Crippen LogP contribution is 2.21. The Morgan fingerprint density at radius 2 is 2.16 bits per heavy atom. The molecule has 0 aliphatic heterocycles. The molecule has 0 spiro atoms. The number of nitrogens with two attached hydrogens (primary N) is 1. The first-order valence-electron chi connectivity index (χ1n) is 6.85. The second-order valence-electron chi connectivity index (χ2n) is 4.52. The number of rotatable bonds is 8. The van der Waals surface area contributed by atoms with E-state index in [0.29, 0.717) is 6.42 Å². The molecule has 4 heteroatoms. The SMILES string of the molecule is CCc1cccc(C)c1NC(=O)CCSCCCN. The molecule has 0 saturated carbocycles. The molecule has 0 aliphatic rings. The zero-order valence-electron chi connectivity index (χ0n) is 11.9. The number of carbonyl (C=O) groups is 1. The second-order valence-corrected chi connectivity index (χ2v) is 5.74. The number of para-hydroxylation sites is 1. The number of nitrogens with one attached hydrogen (secondary N) is 1. The van der Waals surface area contributed by atoms with Gasteiger partial charge < -0.3 is 11.1 Å². The average molecular weight is 280 g/mol. The van der Waals surface area contributed by atoms with Gasteiger partial charge in [0.2, 0.25) is 5.91 Å². The summed E-state index contributed by atoms with van der Waals surface area (Å²) in [4.78, 5) is 11.9. The zero-order chi connectivity index (χ0) is 14.1. The molecular formula is C15H24N2OS. The maximum Gasteiger partial charge on any atom is 0.225 e. The van der Waals surface area contributed by atoms with E-state index >= 15 is 0 Å². The number of amides is 1. The van der Waals surface area contributed by atoms with E-state index in [9.17, 15) is 4.79 Å². The summed E-state index contributed by atoms with van der Waals surface area (Å²) < 4.78 is 0. The van der Waals surface area contributed by atoms with E-state index in [1.807, 2.05) is 19.1 Å². The van der Waals surface area contributed by atoms with E-state index < -0.39 is 0 Å². The predicted molar refractivity (Wildman–Crippen MR) is 84.8 cm³/mol. The lowest BCUT2D eigenvalue weighted by atomic mass is 10.1. The minimum atomic E-state index is 0.101. The van der Waals surface area contributed by atoms with Crippen LogP contribution in [0, 0.1) is 6.92 Å². The van der Waals surface area contributed by atoms with E-state index in [1.165, 1.54) is 5.56 Å². The second kappa shape index (κ2) is 8.99. The van der Waals surface area contributed by atoms with Gasteiger partial charge in [-0.05, 0) is 43.2 Å². The van der Waals surface area contributed by atoms with Crippen LogP contribution in [0.25, 0.3) is 0 Å². The summed E-state index contributed by atoms with van der Waals surface area (Å²) in [6, 6.07) is 6.13. The molecule has 1 aromatic carbocycles. The number of hydrogen-bond acceptors (Lipinski definition) is 3. The van der Waals surface area contributed by atoms with E-state index in [4.69, 9.17) is 5.73 Å². The average Bonchev–Trinajstić information content (AvgIpc) is 2.41. The normalized spacial score (nSPS) is 10.5. The fraction of sp³-hybridized carbons (Fsp3) is 0.533. The van der Waals surface area contributed by atoms with Gasteiger partial charge in [0.25, 0.3) is 0 Å². The fourth-order valence-electron chi connectivity index (χ4n) is 1.86. The summed E-state index contributed by atoms with van der Waals surface area (Å²) in [6.45, 7) is 4.86. The molecule has 1 rings (SSSR count). The molecule has 0 unspecified atom stereocenters. The van der Waals surface area contributed by atoms with E-state index in [-0.39, 0.29) is 5.91 Å². The standard InChI is InChI=1S/C15H24N2OS/c1-3-13-7-4-6-12(2)15(13)17-14(18)8-11-19-10-5-9-16/h4,6-7H,3,5,8-11,16H2,1-2H3,(H,17,18). The Kier molecular flexibility index (Phi) is 7.60. The summed E-state index contributed by atoms with van der Waals surface area (Å²) in [7, 11) is 0. The molecule has 19 heavy (non-hydrogen) atoms. The highest BCUT2D eigenvalue weighted by Gasteiger charge is 2.08. The van der Waals surface area contributed by atoms with Gasteiger partial charge in [0.15, 0.2) is 0 Å². The summed E-state index contributed by atoms with van der Waals surface area (Å²) in [5.41, 5.74) is 8.74. The summed E-state index contributed by atoms with van der Waals surface area (Å²) in [5, 5.41) is 3.04. The zero-order valence-corrected chi connectivity index (χ0v) is 12.7. The van der Waals surface area contributed by atoms with Crippen molar-refractivity contribution in [2.24, 2.45) is 5.73 Å². The summed E-state index contributed by atoms with van der Waals surface area (Å²) in [5.74, 6) is 2.00. The Morgan fingerprint density at radius 1 is 1.37 bits per heavy atom. The van der Waals surface area contributed by atoms with E-state index in [2.05, 4.69) is 18.3 Å². The van der Waals surface area contributed by atoms with Crippen LogP contribution < -0.4 is 11.1 Å². The van der Waals surface area contributed by atoms with Crippen LogP contribution in [0.3, 0.4) is 0 Å². The molecule has 0 fully saturated rings. The van der Waals surface area contributed by atoms with Gasteiger partial charge in [0.1, 0.15) is 0 Å². The first kappa shape index (κ1) is 16.1. The molecule has 106 valence electrons. The minimum Gasteiger partial charge on any atom is -0.330 e. The van der Waals surface area contributed by atoms with Gasteiger partial charge >= 0.3 is 0 Å². The number of carbonyl (C=O) groups excluding carboxylic acids is 1. The van der Waals surface area contributed by atoms with Gasteiger partial charge in [0, 0.05) is 17.9 Å². The Bertz CT molecular complexity index is 407. The molecule has 0 aromatic heterocycles. The molecule has 3 N–H and O–H groups in total. The predicted octanol–water partition coefficient (Wildman–Crippen LogP) is 2.97. The van der Waals surface area contributed by atoms with Gasteiger partial charge in [0.05, 0.1) is 0 Å². The molecule has 0 atom stereocenters. The van der Waals surface area contributed by atoms with Crippen LogP contribution in [0.5, 0.6) is 0 Å². The molecule has 0 radical (unpaired) electrons. The number of hydrogen-bond donors (Lipinski definition) is 2. The third-order valence-electron chi connectivity index (χ3n) is 2.97. The van der Waals surface area contributed by atoms with Gasteiger partial charge in [-0.15, -0.1) is 0 Å². The lowest BCUT2D eigenvalue weighted by Crippen LogP contribution is -2.14. The van der Waals surface area contributed by atoms with Crippen LogP contribution in [0.2, 0.25) is 0 Å². The highest BCUT2D eigenvalue weighted by atomic mass is 32.2. The molecule has 0 heterocycles. The van der Waals surface area contributed by atoms with Crippen molar-refractivity contribution in [2.45, 2.75) is 33.1 Å². The third kappa shape index (κ3) is 5.66. The van der Waals surface area contributed by atoms with Crippen molar-refractivity contribution in [3.8, 4) is 0 Å². The van der Waals surface area contributed by atoms with Crippen LogP contribution in [0.4, 0.5) is 5.69 Å². The lowest BCUT2D eigenvalue weighted by molar-refractivity contribution is -0.115. The summed E-state index contributed by atoms with van der Waals surface area (Å²) >= 11 is 1.79. The Labute approximate surface area is 120 Å². The van der Waals surface area contributed by atoms with E-state index in [0.717, 1.165) is 42.1 Å². The number of anilines is 1. The lowest BCUT2D eigenvalue weighted by Gasteiger charge is -2.12. The largest absolute Gasteiger partial charge is 0.330 e. The quantitative estimate of drug-likeness (QED) is 0.720. The fourth-order valence-corrected chi connectivity index (χ4v) is 2.76. The van der Waals surface area contributed by atoms with E-state index in [1.54, 1.807) is 11.8 Å². The number of benzene rings is 1. The molecule has 1 aromatic rings. The van der Waals surface area contributed by atoms with Crippen LogP contribution >= 0.6 is 11.8 Å². The molecule has 0 bridgehead atoms. The highest BCUT2D eigenvalue weighted by molar-refractivity contribution is 7.99. The molecule has 0 saturated heterocycles. The smallest absolute Gasteiger partial charge is 0.225 e. The topological polar surface area (TPSA) is 55.1 Å². The molecular weight excluding hydrogens is 256 g/mol. The number of aryl methyl sites for hydroxylation is 2. The van der Waals surface area contributed by atoms with Crippen molar-refractivity contribution < 1.29 is 4.79 Å². The van der Waals surface area contributed by atoms with Gasteiger partial charge in [-0.3, -0.25) is 4.79 Å². The van der Waals surface area contributed by atoms with Crippen molar-refractivity contribution in [1.82, 2.24) is 0 Å². The Hall–Kier alpha value is -1.000. The van der Waals surface area contributed by atoms with Crippen molar-refractivity contribution in [2.75, 3.05) is 23.4 Å². The maximum atomic E-state index is 11.9. The Balaban J connectivity index is 2.44. The molecule has 0 aliphatic carbocycles. The third-order valence-corrected chi connectivity index (χ3v) is 4.04. The summed E-state index contributed by atoms with van der Waals surface area (Å²) in [6.07, 6.45) is 2.51. The van der Waals surface area contributed by atoms with Crippen LogP contribution in [0.15, 0.2) is 18.2 Å². The van der Waals surface area contributed by atoms with Crippen LogP contribution in [-0.2, 0) is 11.2 Å². The first-order chi connectivity index (χ1) is 9.19. The van der Waals surface area contributed by atoms with Crippen LogP contribution in [-0.4, -0.2) is 24.0 Å². The first-order valence-corrected chi connectivity index (χ1v) is 8.00. The van der Waals surface area contributed by atoms with Crippen LogP contribution in [0.1, 0.15) is 30.9 Å². The Morgan fingerprint density at radius 3 is 2.84 bits per heavy atom. The minimum absolute atomic E-state index is 0.101. The number of thioether (sulfide) groups is 1.